The number of guanidine groups is 1. The van der Waals surface area contributed by atoms with Crippen LogP contribution < -0.4 is 16.0 Å². The molecule has 168 valence electrons. The van der Waals surface area contributed by atoms with E-state index in [2.05, 4.69) is 52.0 Å². The molecule has 1 heterocycles. The normalized spacial score (nSPS) is 17.6. The third-order valence-corrected chi connectivity index (χ3v) is 5.63. The number of halogens is 1. The third kappa shape index (κ3) is 8.79. The number of nitrogens with one attached hydrogen (secondary N) is 3. The summed E-state index contributed by atoms with van der Waals surface area (Å²) in [6, 6.07) is 8.66. The summed E-state index contributed by atoms with van der Waals surface area (Å²) in [4.78, 5) is 19.1. The zero-order chi connectivity index (χ0) is 20.3. The van der Waals surface area contributed by atoms with Crippen LogP contribution in [0.5, 0.6) is 0 Å². The number of hydrogen-bond donors (Lipinski definition) is 3. The van der Waals surface area contributed by atoms with Gasteiger partial charge in [-0.3, -0.25) is 9.69 Å². The Morgan fingerprint density at radius 1 is 1.00 bits per heavy atom. The Morgan fingerprint density at radius 2 is 1.67 bits per heavy atom. The predicted octanol–water partition coefficient (Wildman–Crippen LogP) is 3.26. The van der Waals surface area contributed by atoms with Crippen molar-refractivity contribution in [3.8, 4) is 0 Å². The van der Waals surface area contributed by atoms with Crippen molar-refractivity contribution in [3.05, 3.63) is 35.4 Å². The van der Waals surface area contributed by atoms with E-state index in [4.69, 9.17) is 4.99 Å². The van der Waals surface area contributed by atoms with Crippen molar-refractivity contribution < 1.29 is 4.79 Å². The Balaban J connectivity index is 0.00000320. The quantitative estimate of drug-likeness (QED) is 0.200. The molecule has 3 rings (SSSR count). The molecule has 0 radical (unpaired) electrons. The lowest BCUT2D eigenvalue weighted by Gasteiger charge is -2.21. The van der Waals surface area contributed by atoms with Crippen LogP contribution in [0.2, 0.25) is 0 Å². The molecule has 0 spiro atoms. The van der Waals surface area contributed by atoms with Gasteiger partial charge < -0.3 is 16.0 Å². The van der Waals surface area contributed by atoms with Crippen molar-refractivity contribution >= 4 is 35.8 Å². The lowest BCUT2D eigenvalue weighted by atomic mass is 10.1. The fourth-order valence-corrected chi connectivity index (χ4v) is 3.76. The molecule has 1 amide bonds. The summed E-state index contributed by atoms with van der Waals surface area (Å²) in [6.07, 6.45) is 7.43. The summed E-state index contributed by atoms with van der Waals surface area (Å²) in [5.41, 5.74) is 2.67. The van der Waals surface area contributed by atoms with Crippen molar-refractivity contribution in [2.24, 2.45) is 10.9 Å². The van der Waals surface area contributed by atoms with E-state index in [0.29, 0.717) is 19.6 Å². The number of carbonyl (C=O) groups is 1. The van der Waals surface area contributed by atoms with Crippen LogP contribution in [0.4, 0.5) is 0 Å². The first-order valence-electron chi connectivity index (χ1n) is 11.4. The highest BCUT2D eigenvalue weighted by molar-refractivity contribution is 14.0. The minimum Gasteiger partial charge on any atom is -0.357 e. The molecule has 1 aliphatic heterocycles. The molecule has 2 aliphatic rings. The summed E-state index contributed by atoms with van der Waals surface area (Å²) in [6.45, 7) is 8.28. The predicted molar refractivity (Wildman–Crippen MR) is 134 cm³/mol. The second-order valence-corrected chi connectivity index (χ2v) is 8.15. The summed E-state index contributed by atoms with van der Waals surface area (Å²) in [7, 11) is 0. The van der Waals surface area contributed by atoms with Crippen molar-refractivity contribution in [3.63, 3.8) is 0 Å². The molecule has 1 saturated carbocycles. The molecule has 30 heavy (non-hydrogen) atoms. The standard InChI is InChI=1S/C23H37N5O.HI/c1-2-24-23(26-14-13-25-22(29)19-11-12-19)27-17-20-9-5-6-10-21(20)18-28-15-7-3-4-8-16-28;/h5-6,9-10,19H,2-4,7-8,11-18H2,1H3,(H,25,29)(H2,24,26,27);1H. The van der Waals surface area contributed by atoms with Crippen molar-refractivity contribution in [2.75, 3.05) is 32.7 Å². The van der Waals surface area contributed by atoms with E-state index in [1.807, 2.05) is 0 Å². The van der Waals surface area contributed by atoms with E-state index in [0.717, 1.165) is 31.9 Å². The largest absolute Gasteiger partial charge is 0.357 e. The minimum absolute atomic E-state index is 0. The Labute approximate surface area is 198 Å². The minimum atomic E-state index is 0. The lowest BCUT2D eigenvalue weighted by molar-refractivity contribution is -0.122. The van der Waals surface area contributed by atoms with Crippen LogP contribution in [-0.2, 0) is 17.9 Å². The van der Waals surface area contributed by atoms with E-state index in [-0.39, 0.29) is 35.8 Å². The third-order valence-electron chi connectivity index (χ3n) is 5.63. The van der Waals surface area contributed by atoms with Crippen molar-refractivity contribution in [1.29, 1.82) is 0 Å². The van der Waals surface area contributed by atoms with E-state index in [1.54, 1.807) is 0 Å². The number of nitrogens with zero attached hydrogens (tertiary/aromatic N) is 2. The number of likely N-dealkylation sites (tertiary alicyclic amines) is 1. The number of rotatable bonds is 9. The summed E-state index contributed by atoms with van der Waals surface area (Å²) >= 11 is 0. The van der Waals surface area contributed by atoms with E-state index >= 15 is 0 Å². The van der Waals surface area contributed by atoms with Gasteiger partial charge in [-0.2, -0.15) is 0 Å². The summed E-state index contributed by atoms with van der Waals surface area (Å²) in [5, 5.41) is 9.62. The van der Waals surface area contributed by atoms with Crippen LogP contribution in [0.1, 0.15) is 56.6 Å². The topological polar surface area (TPSA) is 68.8 Å². The number of hydrogen-bond acceptors (Lipinski definition) is 3. The number of amides is 1. The highest BCUT2D eigenvalue weighted by Crippen LogP contribution is 2.28. The molecule has 0 atom stereocenters. The Bertz CT molecular complexity index is 669. The molecule has 1 saturated heterocycles. The van der Waals surface area contributed by atoms with Gasteiger partial charge >= 0.3 is 0 Å². The lowest BCUT2D eigenvalue weighted by Crippen LogP contribution is -2.41. The molecular formula is C23H38IN5O. The van der Waals surface area contributed by atoms with Crippen LogP contribution in [0.15, 0.2) is 29.3 Å². The van der Waals surface area contributed by atoms with Gasteiger partial charge in [-0.25, -0.2) is 4.99 Å². The van der Waals surface area contributed by atoms with Crippen LogP contribution >= 0.6 is 24.0 Å². The Morgan fingerprint density at radius 3 is 2.33 bits per heavy atom. The first-order chi connectivity index (χ1) is 14.3. The van der Waals surface area contributed by atoms with Gasteiger partial charge in [-0.05, 0) is 56.8 Å². The van der Waals surface area contributed by atoms with E-state index < -0.39 is 0 Å². The summed E-state index contributed by atoms with van der Waals surface area (Å²) in [5.74, 6) is 1.26. The van der Waals surface area contributed by atoms with Gasteiger partial charge in [-0.15, -0.1) is 24.0 Å². The van der Waals surface area contributed by atoms with Crippen molar-refractivity contribution in [1.82, 2.24) is 20.9 Å². The molecule has 0 unspecified atom stereocenters. The second-order valence-electron chi connectivity index (χ2n) is 8.15. The zero-order valence-electron chi connectivity index (χ0n) is 18.3. The van der Waals surface area contributed by atoms with Gasteiger partial charge in [0, 0.05) is 32.1 Å². The maximum absolute atomic E-state index is 11.7. The average Bonchev–Trinajstić information content (AvgIpc) is 3.58. The van der Waals surface area contributed by atoms with Crippen LogP contribution in [0.3, 0.4) is 0 Å². The van der Waals surface area contributed by atoms with E-state index in [1.165, 1.54) is 49.9 Å². The molecular weight excluding hydrogens is 489 g/mol. The Kier molecular flexibility index (Phi) is 11.5. The van der Waals surface area contributed by atoms with Gasteiger partial charge in [0.1, 0.15) is 0 Å². The molecule has 6 nitrogen and oxygen atoms in total. The molecule has 7 heteroatoms. The number of aliphatic imine (C=N–C) groups is 1. The number of benzene rings is 1. The van der Waals surface area contributed by atoms with Crippen LogP contribution in [0, 0.1) is 5.92 Å². The maximum Gasteiger partial charge on any atom is 0.223 e. The van der Waals surface area contributed by atoms with Crippen LogP contribution in [-0.4, -0.2) is 49.5 Å². The highest BCUT2D eigenvalue weighted by atomic mass is 127. The van der Waals surface area contributed by atoms with Gasteiger partial charge in [-0.1, -0.05) is 37.1 Å². The van der Waals surface area contributed by atoms with Gasteiger partial charge in [0.15, 0.2) is 5.96 Å². The first kappa shape index (κ1) is 24.9. The van der Waals surface area contributed by atoms with Gasteiger partial charge in [0.2, 0.25) is 5.91 Å². The van der Waals surface area contributed by atoms with Crippen LogP contribution in [0.25, 0.3) is 0 Å². The van der Waals surface area contributed by atoms with Gasteiger partial charge in [0.05, 0.1) is 6.54 Å². The molecule has 0 aromatic heterocycles. The maximum atomic E-state index is 11.7. The average molecular weight is 527 g/mol. The second kappa shape index (κ2) is 13.9. The molecule has 3 N–H and O–H groups in total. The van der Waals surface area contributed by atoms with Crippen molar-refractivity contribution in [2.45, 2.75) is 58.5 Å². The van der Waals surface area contributed by atoms with E-state index in [9.17, 15) is 4.79 Å². The first-order valence-corrected chi connectivity index (χ1v) is 11.4. The monoisotopic (exact) mass is 527 g/mol. The SMILES string of the molecule is CCNC(=NCc1ccccc1CN1CCCCCC1)NCCNC(=O)C1CC1.I. The molecule has 2 fully saturated rings. The number of carbonyl (C=O) groups excluding carboxylic acids is 1. The smallest absolute Gasteiger partial charge is 0.223 e. The fraction of sp³-hybridized carbons (Fsp3) is 0.652. The molecule has 0 bridgehead atoms. The Hall–Kier alpha value is -1.35. The van der Waals surface area contributed by atoms with Gasteiger partial charge in [0.25, 0.3) is 0 Å². The molecule has 1 aromatic carbocycles. The highest BCUT2D eigenvalue weighted by Gasteiger charge is 2.28. The zero-order valence-corrected chi connectivity index (χ0v) is 20.6. The molecule has 1 aliphatic carbocycles. The summed E-state index contributed by atoms with van der Waals surface area (Å²) < 4.78 is 0. The fourth-order valence-electron chi connectivity index (χ4n) is 3.76. The molecule has 1 aromatic rings.